The highest BCUT2D eigenvalue weighted by Gasteiger charge is 2.19. The third-order valence-electron chi connectivity index (χ3n) is 5.70. The van der Waals surface area contributed by atoms with Gasteiger partial charge in [-0.2, -0.15) is 4.31 Å². The molecule has 1 unspecified atom stereocenters. The summed E-state index contributed by atoms with van der Waals surface area (Å²) in [5, 5.41) is 11.8. The molecule has 4 aromatic rings. The first-order chi connectivity index (χ1) is 16.4. The van der Waals surface area contributed by atoms with Crippen molar-refractivity contribution in [2.45, 2.75) is 32.7 Å². The first kappa shape index (κ1) is 24.3. The summed E-state index contributed by atoms with van der Waals surface area (Å²) in [4.78, 5) is 0. The van der Waals surface area contributed by atoms with Crippen molar-refractivity contribution in [1.82, 2.24) is 8.87 Å². The van der Waals surface area contributed by atoms with E-state index in [-0.39, 0.29) is 19.6 Å². The van der Waals surface area contributed by atoms with E-state index >= 15 is 0 Å². The Labute approximate surface area is 198 Å². The number of thiol groups is 1. The van der Waals surface area contributed by atoms with Gasteiger partial charge < -0.3 is 14.4 Å². The number of hydrogen-bond donors (Lipinski definition) is 2. The predicted molar refractivity (Wildman–Crippen MR) is 128 cm³/mol. The molecular weight excluding hydrogens is 462 g/mol. The summed E-state index contributed by atoms with van der Waals surface area (Å²) < 4.78 is 59.8. The minimum atomic E-state index is -2.94. The maximum Gasteiger partial charge on any atom is 0.204 e. The van der Waals surface area contributed by atoms with Crippen molar-refractivity contribution in [3.8, 4) is 0 Å². The van der Waals surface area contributed by atoms with Crippen molar-refractivity contribution in [3.63, 3.8) is 0 Å². The second-order valence-electron chi connectivity index (χ2n) is 8.13. The highest BCUT2D eigenvalue weighted by molar-refractivity contribution is 7.69. The van der Waals surface area contributed by atoms with Gasteiger partial charge >= 0.3 is 0 Å². The molecule has 180 valence electrons. The molecule has 0 amide bonds. The van der Waals surface area contributed by atoms with E-state index in [1.807, 2.05) is 31.2 Å². The number of hydrogen-bond acceptors (Lipinski definition) is 4. The zero-order valence-electron chi connectivity index (χ0n) is 18.7. The number of aliphatic hydroxyl groups is 1. The number of ether oxygens (including phenoxy) is 1. The zero-order valence-corrected chi connectivity index (χ0v) is 19.6. The van der Waals surface area contributed by atoms with E-state index < -0.39 is 28.6 Å². The van der Waals surface area contributed by atoms with Crippen LogP contribution in [0.1, 0.15) is 18.1 Å². The summed E-state index contributed by atoms with van der Waals surface area (Å²) in [6.07, 6.45) is -1.04. The van der Waals surface area contributed by atoms with Crippen LogP contribution in [-0.2, 0) is 35.3 Å². The van der Waals surface area contributed by atoms with Gasteiger partial charge in [-0.25, -0.2) is 17.2 Å². The average molecular weight is 489 g/mol. The van der Waals surface area contributed by atoms with Gasteiger partial charge in [0.25, 0.3) is 0 Å². The number of aromatic nitrogens is 1. The number of nitrogens with zero attached hydrogens (tertiary/aromatic N) is 2. The smallest absolute Gasteiger partial charge is 0.204 e. The van der Waals surface area contributed by atoms with E-state index in [1.54, 1.807) is 16.7 Å². The average Bonchev–Trinajstić information content (AvgIpc) is 3.09. The van der Waals surface area contributed by atoms with Crippen molar-refractivity contribution in [2.75, 3.05) is 13.2 Å². The SMILES string of the molecule is CCOCc1ccc(CN(CC(O)Cn2c3ccc(F)cc3c3cc(F)ccc32)[SH](=O)=O)cc1. The lowest BCUT2D eigenvalue weighted by atomic mass is 10.1. The number of halogens is 2. The first-order valence-electron chi connectivity index (χ1n) is 11.0. The first-order valence-corrected chi connectivity index (χ1v) is 12.1. The van der Waals surface area contributed by atoms with Crippen molar-refractivity contribution >= 4 is 32.7 Å². The Bertz CT molecular complexity index is 1300. The van der Waals surface area contributed by atoms with Gasteiger partial charge in [-0.05, 0) is 54.4 Å². The molecule has 1 N–H and O–H groups in total. The molecule has 1 aromatic heterocycles. The molecule has 0 radical (unpaired) electrons. The molecule has 1 atom stereocenters. The van der Waals surface area contributed by atoms with Crippen LogP contribution in [0.5, 0.6) is 0 Å². The van der Waals surface area contributed by atoms with Gasteiger partial charge in [0.05, 0.1) is 19.3 Å². The molecule has 0 spiro atoms. The second-order valence-corrected chi connectivity index (χ2v) is 9.17. The Morgan fingerprint density at radius 3 is 2.03 bits per heavy atom. The van der Waals surface area contributed by atoms with Gasteiger partial charge in [-0.3, -0.25) is 0 Å². The van der Waals surface area contributed by atoms with Crippen LogP contribution < -0.4 is 0 Å². The fourth-order valence-electron chi connectivity index (χ4n) is 4.12. The molecule has 4 rings (SSSR count). The van der Waals surface area contributed by atoms with Crippen LogP contribution in [0.15, 0.2) is 60.7 Å². The monoisotopic (exact) mass is 488 g/mol. The van der Waals surface area contributed by atoms with Gasteiger partial charge in [0.15, 0.2) is 0 Å². The maximum absolute atomic E-state index is 13.9. The largest absolute Gasteiger partial charge is 0.390 e. The molecule has 34 heavy (non-hydrogen) atoms. The predicted octanol–water partition coefficient (Wildman–Crippen LogP) is 4.00. The summed E-state index contributed by atoms with van der Waals surface area (Å²) in [5.41, 5.74) is 3.03. The Hall–Kier alpha value is -2.85. The van der Waals surface area contributed by atoms with Crippen molar-refractivity contribution in [2.24, 2.45) is 0 Å². The van der Waals surface area contributed by atoms with Crippen LogP contribution in [-0.4, -0.2) is 41.7 Å². The molecule has 0 fully saturated rings. The van der Waals surface area contributed by atoms with Crippen LogP contribution in [0, 0.1) is 11.6 Å². The van der Waals surface area contributed by atoms with Crippen molar-refractivity contribution in [3.05, 3.63) is 83.4 Å². The normalized spacial score (nSPS) is 12.9. The van der Waals surface area contributed by atoms with Crippen LogP contribution in [0.25, 0.3) is 21.8 Å². The second kappa shape index (κ2) is 10.6. The lowest BCUT2D eigenvalue weighted by molar-refractivity contribution is 0.129. The molecular formula is C25H26F2N2O4S. The van der Waals surface area contributed by atoms with Crippen molar-refractivity contribution in [1.29, 1.82) is 0 Å². The minimum Gasteiger partial charge on any atom is -0.390 e. The Morgan fingerprint density at radius 1 is 0.941 bits per heavy atom. The van der Waals surface area contributed by atoms with Crippen LogP contribution in [0.4, 0.5) is 8.78 Å². The summed E-state index contributed by atoms with van der Waals surface area (Å²) in [7, 11) is -2.94. The molecule has 0 saturated heterocycles. The number of fused-ring (bicyclic) bond motifs is 3. The van der Waals surface area contributed by atoms with E-state index in [1.165, 1.54) is 28.6 Å². The Morgan fingerprint density at radius 2 is 1.50 bits per heavy atom. The fraction of sp³-hybridized carbons (Fsp3) is 0.280. The molecule has 0 saturated carbocycles. The lowest BCUT2D eigenvalue weighted by Crippen LogP contribution is -2.33. The molecule has 0 aliphatic rings. The zero-order chi connectivity index (χ0) is 24.2. The van der Waals surface area contributed by atoms with E-state index in [9.17, 15) is 22.3 Å². The van der Waals surface area contributed by atoms with E-state index in [4.69, 9.17) is 4.74 Å². The summed E-state index contributed by atoms with van der Waals surface area (Å²) in [6, 6.07) is 15.8. The standard InChI is InChI=1S/C25H26F2N2O4S/c1-2-33-16-18-5-3-17(4-6-18)13-28(34(31)32)14-21(30)15-29-24-9-7-19(26)11-22(24)23-12-20(27)8-10-25(23)29/h3-12,21,30,34H,2,13-16H2,1H3. The fourth-order valence-corrected chi connectivity index (χ4v) is 4.72. The van der Waals surface area contributed by atoms with Crippen LogP contribution in [0.3, 0.4) is 0 Å². The minimum absolute atomic E-state index is 0.0598. The molecule has 6 nitrogen and oxygen atoms in total. The topological polar surface area (TPSA) is 71.8 Å². The molecule has 1 heterocycles. The van der Waals surface area contributed by atoms with E-state index in [0.29, 0.717) is 35.0 Å². The van der Waals surface area contributed by atoms with E-state index in [2.05, 4.69) is 0 Å². The Kier molecular flexibility index (Phi) is 7.57. The number of rotatable bonds is 10. The van der Waals surface area contributed by atoms with Crippen LogP contribution >= 0.6 is 0 Å². The summed E-state index contributed by atoms with van der Waals surface area (Å²) in [5.74, 6) is -0.892. The molecule has 0 aliphatic carbocycles. The molecule has 0 aliphatic heterocycles. The Balaban J connectivity index is 1.54. The molecule has 3 aromatic carbocycles. The number of aliphatic hydroxyl groups excluding tert-OH is 1. The van der Waals surface area contributed by atoms with Crippen molar-refractivity contribution < 1.29 is 27.0 Å². The quantitative estimate of drug-likeness (QED) is 0.331. The van der Waals surface area contributed by atoms with E-state index in [0.717, 1.165) is 11.1 Å². The highest BCUT2D eigenvalue weighted by atomic mass is 32.2. The third-order valence-corrected chi connectivity index (χ3v) is 6.46. The highest BCUT2D eigenvalue weighted by Crippen LogP contribution is 2.30. The molecule has 0 bridgehead atoms. The molecule has 9 heteroatoms. The van der Waals surface area contributed by atoms with Gasteiger partial charge in [0.1, 0.15) is 11.6 Å². The lowest BCUT2D eigenvalue weighted by Gasteiger charge is -2.21. The number of benzene rings is 3. The maximum atomic E-state index is 13.9. The third kappa shape index (κ3) is 5.44. The van der Waals surface area contributed by atoms with Gasteiger partial charge in [-0.15, -0.1) is 0 Å². The summed E-state index contributed by atoms with van der Waals surface area (Å²) in [6.45, 7) is 3.07. The van der Waals surface area contributed by atoms with Gasteiger partial charge in [-0.1, -0.05) is 24.3 Å². The van der Waals surface area contributed by atoms with Crippen LogP contribution in [0.2, 0.25) is 0 Å². The van der Waals surface area contributed by atoms with Gasteiger partial charge in [0.2, 0.25) is 10.9 Å². The van der Waals surface area contributed by atoms with Gasteiger partial charge in [0, 0.05) is 41.5 Å². The summed E-state index contributed by atoms with van der Waals surface area (Å²) >= 11 is 0.